The van der Waals surface area contributed by atoms with Crippen LogP contribution in [0.4, 0.5) is 15.8 Å². The van der Waals surface area contributed by atoms with E-state index in [-0.39, 0.29) is 17.3 Å². The molecule has 3 aromatic rings. The van der Waals surface area contributed by atoms with Gasteiger partial charge in [-0.25, -0.2) is 4.39 Å². The molecule has 6 nitrogen and oxygen atoms in total. The van der Waals surface area contributed by atoms with Crippen LogP contribution in [0.25, 0.3) is 11.3 Å². The van der Waals surface area contributed by atoms with Crippen LogP contribution in [-0.2, 0) is 0 Å². The Hall–Kier alpha value is -3.48. The number of anilines is 1. The van der Waals surface area contributed by atoms with Gasteiger partial charge in [0.15, 0.2) is 5.76 Å². The largest absolute Gasteiger partial charge is 0.451 e. The summed E-state index contributed by atoms with van der Waals surface area (Å²) in [6, 6.07) is 14.3. The summed E-state index contributed by atoms with van der Waals surface area (Å²) in [5, 5.41) is 13.2. The minimum atomic E-state index is -0.521. The van der Waals surface area contributed by atoms with Crippen LogP contribution >= 0.6 is 0 Å². The quantitative estimate of drug-likeness (QED) is 0.574. The van der Waals surface area contributed by atoms with Crippen molar-refractivity contribution in [2.24, 2.45) is 0 Å². The molecular weight excluding hydrogens is 315 g/mol. The van der Waals surface area contributed by atoms with Crippen LogP contribution in [0, 0.1) is 15.9 Å². The van der Waals surface area contributed by atoms with Crippen LogP contribution in [0.1, 0.15) is 10.6 Å². The molecule has 0 unspecified atom stereocenters. The van der Waals surface area contributed by atoms with Gasteiger partial charge in [0.25, 0.3) is 11.6 Å². The molecular formula is C17H11FN2O4. The molecule has 0 aliphatic heterocycles. The van der Waals surface area contributed by atoms with Gasteiger partial charge < -0.3 is 9.73 Å². The molecule has 0 saturated carbocycles. The number of nitro benzene ring substituents is 1. The van der Waals surface area contributed by atoms with Crippen molar-refractivity contribution in [2.75, 3.05) is 5.32 Å². The average Bonchev–Trinajstić information content (AvgIpc) is 3.06. The number of nitro groups is 1. The molecule has 24 heavy (non-hydrogen) atoms. The molecule has 0 aliphatic carbocycles. The van der Waals surface area contributed by atoms with Gasteiger partial charge in [0, 0.05) is 23.4 Å². The van der Waals surface area contributed by atoms with E-state index in [2.05, 4.69) is 5.32 Å². The third-order valence-corrected chi connectivity index (χ3v) is 3.29. The van der Waals surface area contributed by atoms with Crippen molar-refractivity contribution >= 4 is 17.3 Å². The Morgan fingerprint density at radius 1 is 1.00 bits per heavy atom. The predicted molar refractivity (Wildman–Crippen MR) is 85.2 cm³/mol. The molecule has 0 radical (unpaired) electrons. The number of hydrogen-bond acceptors (Lipinski definition) is 4. The first-order valence-corrected chi connectivity index (χ1v) is 6.94. The first kappa shape index (κ1) is 15.4. The number of amides is 1. The molecule has 0 spiro atoms. The van der Waals surface area contributed by atoms with Crippen molar-refractivity contribution in [3.05, 3.63) is 82.4 Å². The number of furan rings is 1. The normalized spacial score (nSPS) is 10.4. The zero-order valence-corrected chi connectivity index (χ0v) is 12.2. The van der Waals surface area contributed by atoms with Gasteiger partial charge in [-0.05, 0) is 48.5 Å². The van der Waals surface area contributed by atoms with Crippen molar-refractivity contribution in [3.8, 4) is 11.3 Å². The molecule has 7 heteroatoms. The van der Waals surface area contributed by atoms with Crippen LogP contribution in [0.5, 0.6) is 0 Å². The van der Waals surface area contributed by atoms with Crippen LogP contribution in [0.2, 0.25) is 0 Å². The Morgan fingerprint density at radius 3 is 2.29 bits per heavy atom. The molecule has 2 aromatic carbocycles. The minimum absolute atomic E-state index is 0.0652. The minimum Gasteiger partial charge on any atom is -0.451 e. The number of non-ortho nitro benzene ring substituents is 1. The number of halogens is 1. The van der Waals surface area contributed by atoms with Gasteiger partial charge in [0.05, 0.1) is 4.92 Å². The summed E-state index contributed by atoms with van der Waals surface area (Å²) in [6.45, 7) is 0. The Labute approximate surface area is 135 Å². The van der Waals surface area contributed by atoms with Crippen molar-refractivity contribution < 1.29 is 18.5 Å². The summed E-state index contributed by atoms with van der Waals surface area (Å²) in [7, 11) is 0. The summed E-state index contributed by atoms with van der Waals surface area (Å²) in [4.78, 5) is 22.2. The number of nitrogens with one attached hydrogen (secondary N) is 1. The average molecular weight is 326 g/mol. The second-order valence-corrected chi connectivity index (χ2v) is 4.93. The number of rotatable bonds is 4. The fourth-order valence-electron chi connectivity index (χ4n) is 2.09. The molecule has 1 N–H and O–H groups in total. The fraction of sp³-hybridized carbons (Fsp3) is 0. The number of benzene rings is 2. The van der Waals surface area contributed by atoms with E-state index < -0.39 is 10.8 Å². The summed E-state index contributed by atoms with van der Waals surface area (Å²) >= 11 is 0. The SMILES string of the molecule is O=C(Nc1ccc([N+](=O)[O-])cc1)c1ccc(-c2ccc(F)cc2)o1. The first-order valence-electron chi connectivity index (χ1n) is 6.94. The number of hydrogen-bond donors (Lipinski definition) is 1. The molecule has 0 aliphatic rings. The molecule has 0 saturated heterocycles. The van der Waals surface area contributed by atoms with Crippen LogP contribution < -0.4 is 5.32 Å². The van der Waals surface area contributed by atoms with E-state index >= 15 is 0 Å². The summed E-state index contributed by atoms with van der Waals surface area (Å²) in [5.41, 5.74) is 0.987. The molecule has 0 fully saturated rings. The molecule has 0 bridgehead atoms. The Bertz CT molecular complexity index is 886. The molecule has 0 atom stereocenters. The summed E-state index contributed by atoms with van der Waals surface area (Å²) < 4.78 is 18.4. The summed E-state index contributed by atoms with van der Waals surface area (Å²) in [6.07, 6.45) is 0. The third kappa shape index (κ3) is 3.30. The molecule has 3 rings (SSSR count). The highest BCUT2D eigenvalue weighted by Crippen LogP contribution is 2.23. The van der Waals surface area contributed by atoms with E-state index in [1.165, 1.54) is 42.5 Å². The van der Waals surface area contributed by atoms with E-state index in [1.54, 1.807) is 18.2 Å². The Kier molecular flexibility index (Phi) is 4.07. The van der Waals surface area contributed by atoms with Gasteiger partial charge in [-0.2, -0.15) is 0 Å². The lowest BCUT2D eigenvalue weighted by Crippen LogP contribution is -2.10. The lowest BCUT2D eigenvalue weighted by Gasteiger charge is -2.02. The van der Waals surface area contributed by atoms with Gasteiger partial charge in [-0.15, -0.1) is 0 Å². The second kappa shape index (κ2) is 6.33. The van der Waals surface area contributed by atoms with Gasteiger partial charge in [-0.1, -0.05) is 0 Å². The summed E-state index contributed by atoms with van der Waals surface area (Å²) in [5.74, 6) is -0.338. The van der Waals surface area contributed by atoms with Crippen LogP contribution in [-0.4, -0.2) is 10.8 Å². The molecule has 120 valence electrons. The van der Waals surface area contributed by atoms with E-state index in [1.807, 2.05) is 0 Å². The highest BCUT2D eigenvalue weighted by atomic mass is 19.1. The maximum atomic E-state index is 12.9. The van der Waals surface area contributed by atoms with Crippen molar-refractivity contribution in [3.63, 3.8) is 0 Å². The second-order valence-electron chi connectivity index (χ2n) is 4.93. The van der Waals surface area contributed by atoms with Crippen molar-refractivity contribution in [2.45, 2.75) is 0 Å². The monoisotopic (exact) mass is 326 g/mol. The maximum absolute atomic E-state index is 12.9. The fourth-order valence-corrected chi connectivity index (χ4v) is 2.09. The van der Waals surface area contributed by atoms with Crippen molar-refractivity contribution in [1.29, 1.82) is 0 Å². The Balaban J connectivity index is 1.73. The molecule has 1 amide bonds. The highest BCUT2D eigenvalue weighted by molar-refractivity contribution is 6.02. The smallest absolute Gasteiger partial charge is 0.291 e. The van der Waals surface area contributed by atoms with Gasteiger partial charge in [0.2, 0.25) is 0 Å². The number of carbonyl (C=O) groups excluding carboxylic acids is 1. The van der Waals surface area contributed by atoms with E-state index in [0.717, 1.165) is 0 Å². The number of nitrogens with zero attached hydrogens (tertiary/aromatic N) is 1. The molecule has 1 aromatic heterocycles. The number of carbonyl (C=O) groups is 1. The van der Waals surface area contributed by atoms with Crippen molar-refractivity contribution in [1.82, 2.24) is 0 Å². The maximum Gasteiger partial charge on any atom is 0.291 e. The highest BCUT2D eigenvalue weighted by Gasteiger charge is 2.13. The van der Waals surface area contributed by atoms with Crippen LogP contribution in [0.15, 0.2) is 65.1 Å². The van der Waals surface area contributed by atoms with Crippen LogP contribution in [0.3, 0.4) is 0 Å². The van der Waals surface area contributed by atoms with Gasteiger partial charge in [0.1, 0.15) is 11.6 Å². The lowest BCUT2D eigenvalue weighted by molar-refractivity contribution is -0.384. The zero-order chi connectivity index (χ0) is 17.1. The van der Waals surface area contributed by atoms with Gasteiger partial charge in [-0.3, -0.25) is 14.9 Å². The topological polar surface area (TPSA) is 85.4 Å². The zero-order valence-electron chi connectivity index (χ0n) is 12.2. The van der Waals surface area contributed by atoms with E-state index in [9.17, 15) is 19.3 Å². The van der Waals surface area contributed by atoms with E-state index in [4.69, 9.17) is 4.42 Å². The predicted octanol–water partition coefficient (Wildman–Crippen LogP) is 4.25. The lowest BCUT2D eigenvalue weighted by atomic mass is 10.2. The third-order valence-electron chi connectivity index (χ3n) is 3.29. The molecule has 1 heterocycles. The Morgan fingerprint density at radius 2 is 1.67 bits per heavy atom. The van der Waals surface area contributed by atoms with E-state index in [0.29, 0.717) is 17.0 Å². The standard InChI is InChI=1S/C17H11FN2O4/c18-12-3-1-11(2-4-12)15-9-10-16(24-15)17(21)19-13-5-7-14(8-6-13)20(22)23/h1-10H,(H,19,21). The van der Waals surface area contributed by atoms with Gasteiger partial charge >= 0.3 is 0 Å². The first-order chi connectivity index (χ1) is 11.5.